The van der Waals surface area contributed by atoms with Crippen molar-refractivity contribution in [3.63, 3.8) is 0 Å². The highest BCUT2D eigenvalue weighted by Gasteiger charge is 2.25. The Hall–Kier alpha value is -1.63. The number of benzene rings is 1. The molecule has 0 spiro atoms. The third-order valence-corrected chi connectivity index (χ3v) is 5.75. The van der Waals surface area contributed by atoms with Crippen molar-refractivity contribution in [3.8, 4) is 5.75 Å². The van der Waals surface area contributed by atoms with Gasteiger partial charge in [0.15, 0.2) is 0 Å². The van der Waals surface area contributed by atoms with Gasteiger partial charge in [-0.15, -0.1) is 11.3 Å². The summed E-state index contributed by atoms with van der Waals surface area (Å²) in [7, 11) is 0. The van der Waals surface area contributed by atoms with Gasteiger partial charge in [0.1, 0.15) is 22.2 Å². The molecule has 1 aromatic carbocycles. The van der Waals surface area contributed by atoms with Crippen molar-refractivity contribution in [1.82, 2.24) is 15.6 Å². The minimum Gasteiger partial charge on any atom is -0.486 e. The van der Waals surface area contributed by atoms with Crippen LogP contribution in [0.15, 0.2) is 24.3 Å². The molecule has 1 aliphatic heterocycles. The number of hydrogen-bond donors (Lipinski definition) is 2. The molecule has 1 fully saturated rings. The Balaban J connectivity index is 1.61. The van der Waals surface area contributed by atoms with Crippen LogP contribution < -0.4 is 15.4 Å². The summed E-state index contributed by atoms with van der Waals surface area (Å²) in [6, 6.07) is 7.35. The molecule has 5 nitrogen and oxygen atoms in total. The Morgan fingerprint density at radius 3 is 2.92 bits per heavy atom. The Labute approximate surface area is 156 Å². The van der Waals surface area contributed by atoms with E-state index in [-0.39, 0.29) is 11.9 Å². The Morgan fingerprint density at radius 2 is 2.20 bits per heavy atom. The molecule has 1 aromatic heterocycles. The highest BCUT2D eigenvalue weighted by atomic mass is 35.5. The molecule has 2 unspecified atom stereocenters. The summed E-state index contributed by atoms with van der Waals surface area (Å²) in [5.74, 6) is 1.16. The first kappa shape index (κ1) is 18.2. The summed E-state index contributed by atoms with van der Waals surface area (Å²) in [6.45, 7) is 6.20. The van der Waals surface area contributed by atoms with Gasteiger partial charge in [0.2, 0.25) is 0 Å². The largest absolute Gasteiger partial charge is 0.486 e. The first-order valence-electron chi connectivity index (χ1n) is 8.39. The Morgan fingerprint density at radius 1 is 1.44 bits per heavy atom. The number of aromatic nitrogens is 1. The van der Waals surface area contributed by atoms with Gasteiger partial charge in [0.05, 0.1) is 5.69 Å². The number of rotatable bonds is 5. The number of carbonyl (C=O) groups is 1. The quantitative estimate of drug-likeness (QED) is 0.835. The van der Waals surface area contributed by atoms with E-state index in [1.807, 2.05) is 19.1 Å². The number of nitrogens with one attached hydrogen (secondary N) is 2. The second kappa shape index (κ2) is 8.17. The minimum atomic E-state index is -0.0479. The van der Waals surface area contributed by atoms with Crippen molar-refractivity contribution in [2.75, 3.05) is 13.1 Å². The van der Waals surface area contributed by atoms with Crippen LogP contribution in [0.5, 0.6) is 5.75 Å². The maximum absolute atomic E-state index is 12.6. The summed E-state index contributed by atoms with van der Waals surface area (Å²) in [6.07, 6.45) is 1.08. The van der Waals surface area contributed by atoms with Crippen LogP contribution >= 0.6 is 22.9 Å². The number of hydrogen-bond acceptors (Lipinski definition) is 5. The molecule has 1 saturated heterocycles. The average molecular weight is 380 g/mol. The van der Waals surface area contributed by atoms with E-state index in [0.717, 1.165) is 36.0 Å². The first-order chi connectivity index (χ1) is 12.0. The normalized spacial score (nSPS) is 20.3. The predicted molar refractivity (Wildman–Crippen MR) is 101 cm³/mol. The van der Waals surface area contributed by atoms with E-state index < -0.39 is 0 Å². The minimum absolute atomic E-state index is 0.0479. The summed E-state index contributed by atoms with van der Waals surface area (Å²) in [4.78, 5) is 17.7. The van der Waals surface area contributed by atoms with Crippen LogP contribution in [0, 0.1) is 12.8 Å². The van der Waals surface area contributed by atoms with Crippen LogP contribution in [0.3, 0.4) is 0 Å². The van der Waals surface area contributed by atoms with Crippen molar-refractivity contribution < 1.29 is 9.53 Å². The third-order valence-electron chi connectivity index (χ3n) is 4.37. The standard InChI is InChI=1S/C18H22ClN3O2S/c1-11-7-8-20-9-15(11)22-18(23)17-12(2)21-16(25-17)10-24-14-5-3-13(19)4-6-14/h3-6,11,15,20H,7-10H2,1-2H3,(H,22,23). The van der Waals surface area contributed by atoms with Crippen molar-refractivity contribution in [3.05, 3.63) is 44.9 Å². The van der Waals surface area contributed by atoms with Crippen molar-refractivity contribution in [1.29, 1.82) is 0 Å². The molecule has 2 heterocycles. The zero-order valence-corrected chi connectivity index (χ0v) is 15.9. The molecular formula is C18H22ClN3O2S. The molecule has 0 saturated carbocycles. The number of carbonyl (C=O) groups excluding carboxylic acids is 1. The fourth-order valence-electron chi connectivity index (χ4n) is 2.82. The second-order valence-electron chi connectivity index (χ2n) is 6.31. The topological polar surface area (TPSA) is 63.2 Å². The van der Waals surface area contributed by atoms with E-state index in [1.165, 1.54) is 11.3 Å². The molecule has 1 amide bonds. The molecule has 2 N–H and O–H groups in total. The Kier molecular flexibility index (Phi) is 5.93. The number of aryl methyl sites for hydroxylation is 1. The fraction of sp³-hybridized carbons (Fsp3) is 0.444. The lowest BCUT2D eigenvalue weighted by Gasteiger charge is -2.30. The van der Waals surface area contributed by atoms with Crippen molar-refractivity contribution >= 4 is 28.8 Å². The molecule has 7 heteroatoms. The van der Waals surface area contributed by atoms with E-state index in [9.17, 15) is 4.79 Å². The lowest BCUT2D eigenvalue weighted by atomic mass is 9.95. The van der Waals surface area contributed by atoms with Crippen LogP contribution in [-0.4, -0.2) is 30.0 Å². The van der Waals surface area contributed by atoms with Gasteiger partial charge in [-0.1, -0.05) is 18.5 Å². The number of halogens is 1. The lowest BCUT2D eigenvalue weighted by molar-refractivity contribution is 0.0918. The summed E-state index contributed by atoms with van der Waals surface area (Å²) in [5.41, 5.74) is 0.744. The first-order valence-corrected chi connectivity index (χ1v) is 9.58. The fourth-order valence-corrected chi connectivity index (χ4v) is 3.82. The van der Waals surface area contributed by atoms with Gasteiger partial charge in [0.25, 0.3) is 5.91 Å². The zero-order valence-electron chi connectivity index (χ0n) is 14.3. The van der Waals surface area contributed by atoms with Gasteiger partial charge in [-0.05, 0) is 50.1 Å². The van der Waals surface area contributed by atoms with Crippen LogP contribution in [-0.2, 0) is 6.61 Å². The molecule has 134 valence electrons. The molecular weight excluding hydrogens is 358 g/mol. The SMILES string of the molecule is Cc1nc(COc2ccc(Cl)cc2)sc1C(=O)NC1CNCCC1C. The summed E-state index contributed by atoms with van der Waals surface area (Å²) < 4.78 is 5.71. The van der Waals surface area contributed by atoms with E-state index in [2.05, 4.69) is 22.5 Å². The summed E-state index contributed by atoms with van der Waals surface area (Å²) in [5, 5.41) is 7.91. The predicted octanol–water partition coefficient (Wildman–Crippen LogP) is 3.41. The van der Waals surface area contributed by atoms with Gasteiger partial charge in [-0.25, -0.2) is 4.98 Å². The van der Waals surface area contributed by atoms with Crippen LogP contribution in [0.1, 0.15) is 33.7 Å². The molecule has 1 aliphatic rings. The average Bonchev–Trinajstić information content (AvgIpc) is 2.97. The summed E-state index contributed by atoms with van der Waals surface area (Å²) >= 11 is 7.25. The molecule has 25 heavy (non-hydrogen) atoms. The lowest BCUT2D eigenvalue weighted by Crippen LogP contribution is -2.50. The van der Waals surface area contributed by atoms with Gasteiger partial charge in [0, 0.05) is 17.6 Å². The van der Waals surface area contributed by atoms with E-state index in [0.29, 0.717) is 22.4 Å². The van der Waals surface area contributed by atoms with Gasteiger partial charge in [-0.3, -0.25) is 4.79 Å². The van der Waals surface area contributed by atoms with Gasteiger partial charge >= 0.3 is 0 Å². The number of ether oxygens (including phenoxy) is 1. The van der Waals surface area contributed by atoms with Crippen LogP contribution in [0.2, 0.25) is 5.02 Å². The molecule has 2 atom stereocenters. The van der Waals surface area contributed by atoms with E-state index >= 15 is 0 Å². The van der Waals surface area contributed by atoms with E-state index in [4.69, 9.17) is 16.3 Å². The monoisotopic (exact) mass is 379 g/mol. The molecule has 0 radical (unpaired) electrons. The molecule has 2 aromatic rings. The maximum Gasteiger partial charge on any atom is 0.263 e. The molecule has 0 bridgehead atoms. The number of amides is 1. The second-order valence-corrected chi connectivity index (χ2v) is 7.83. The zero-order chi connectivity index (χ0) is 17.8. The third kappa shape index (κ3) is 4.71. The van der Waals surface area contributed by atoms with Crippen LogP contribution in [0.4, 0.5) is 0 Å². The van der Waals surface area contributed by atoms with Crippen molar-refractivity contribution in [2.24, 2.45) is 5.92 Å². The van der Waals surface area contributed by atoms with Gasteiger partial charge < -0.3 is 15.4 Å². The maximum atomic E-state index is 12.6. The number of nitrogens with zero attached hydrogens (tertiary/aromatic N) is 1. The van der Waals surface area contributed by atoms with E-state index in [1.54, 1.807) is 12.1 Å². The molecule has 3 rings (SSSR count). The smallest absolute Gasteiger partial charge is 0.263 e. The van der Waals surface area contributed by atoms with Gasteiger partial charge in [-0.2, -0.15) is 0 Å². The highest BCUT2D eigenvalue weighted by Crippen LogP contribution is 2.22. The van der Waals surface area contributed by atoms with Crippen molar-refractivity contribution in [2.45, 2.75) is 32.9 Å². The number of piperidine rings is 1. The molecule has 0 aliphatic carbocycles. The highest BCUT2D eigenvalue weighted by molar-refractivity contribution is 7.13. The Bertz CT molecular complexity index is 732. The number of thiazole rings is 1. The van der Waals surface area contributed by atoms with Crippen LogP contribution in [0.25, 0.3) is 0 Å².